The van der Waals surface area contributed by atoms with Crippen molar-refractivity contribution in [2.45, 2.75) is 18.6 Å². The van der Waals surface area contributed by atoms with Gasteiger partial charge in [0.05, 0.1) is 39.1 Å². The zero-order valence-corrected chi connectivity index (χ0v) is 32.4. The Hall–Kier alpha value is -7.43. The van der Waals surface area contributed by atoms with Crippen LogP contribution < -0.4 is 4.90 Å². The minimum atomic E-state index is -5.07. The van der Waals surface area contributed by atoms with Gasteiger partial charge >= 0.3 is 12.4 Å². The average Bonchev–Trinajstić information content (AvgIpc) is 3.75. The first-order valence-corrected chi connectivity index (χ1v) is 19.7. The molecule has 1 N–H and O–H groups in total. The molecule has 0 saturated heterocycles. The number of nitrogens with zero attached hydrogens (tertiary/aromatic N) is 2. The lowest BCUT2D eigenvalue weighted by Crippen LogP contribution is -2.29. The summed E-state index contributed by atoms with van der Waals surface area (Å²) in [6.45, 7) is 0. The first-order valence-electron chi connectivity index (χ1n) is 19.7. The molecule has 8 aromatic carbocycles. The van der Waals surface area contributed by atoms with Crippen LogP contribution in [0.1, 0.15) is 33.3 Å². The van der Waals surface area contributed by atoms with Crippen LogP contribution in [0.25, 0.3) is 72.0 Å². The predicted molar refractivity (Wildman–Crippen MR) is 231 cm³/mol. The molecule has 0 radical (unpaired) electrons. The Kier molecular flexibility index (Phi) is 9.15. The normalized spacial score (nSPS) is 14.2. The van der Waals surface area contributed by atoms with Crippen LogP contribution in [0.5, 0.6) is 0 Å². The van der Waals surface area contributed by atoms with Crippen molar-refractivity contribution < 1.29 is 36.2 Å². The molecular formula is C52H32F6N2O2. The number of rotatable bonds is 6. The molecule has 1 unspecified atom stereocenters. The van der Waals surface area contributed by atoms with Crippen LogP contribution in [0.2, 0.25) is 0 Å². The predicted octanol–water partition coefficient (Wildman–Crippen LogP) is 14.1. The number of anilines is 1. The number of hydrogen-bond donors (Lipinski definition) is 1. The van der Waals surface area contributed by atoms with E-state index in [1.54, 1.807) is 42.5 Å². The molecule has 62 heavy (non-hydrogen) atoms. The Morgan fingerprint density at radius 3 is 1.66 bits per heavy atom. The van der Waals surface area contributed by atoms with Gasteiger partial charge in [-0.15, -0.1) is 0 Å². The SMILES string of the molecule is O=C1c2c(cccc2-n2c3ccccc3c3cc(-c4ccc(C(F)(F)F)cc4C(F)(F)F)ccc32)C(O)N1c1c(-c2ccccc2)cc(-c2ccccc2)cc1-c1ccccc1. The van der Waals surface area contributed by atoms with Crippen molar-refractivity contribution >= 4 is 33.4 Å². The molecule has 0 bridgehead atoms. The number of alkyl halides is 6. The third-order valence-electron chi connectivity index (χ3n) is 11.5. The van der Waals surface area contributed by atoms with E-state index in [2.05, 4.69) is 0 Å². The van der Waals surface area contributed by atoms with Gasteiger partial charge in [-0.1, -0.05) is 133 Å². The number of aromatic nitrogens is 1. The summed E-state index contributed by atoms with van der Waals surface area (Å²) in [4.78, 5) is 16.8. The summed E-state index contributed by atoms with van der Waals surface area (Å²) in [5, 5.41) is 13.6. The molecule has 2 heterocycles. The van der Waals surface area contributed by atoms with E-state index in [9.17, 15) is 31.4 Å². The number of para-hydroxylation sites is 1. The molecule has 1 aliphatic rings. The Morgan fingerprint density at radius 2 is 1.05 bits per heavy atom. The number of fused-ring (bicyclic) bond motifs is 4. The van der Waals surface area contributed by atoms with Crippen LogP contribution in [-0.2, 0) is 12.4 Å². The molecule has 1 aromatic heterocycles. The fourth-order valence-corrected chi connectivity index (χ4v) is 8.76. The quantitative estimate of drug-likeness (QED) is 0.170. The van der Waals surface area contributed by atoms with Gasteiger partial charge in [0.15, 0.2) is 6.23 Å². The van der Waals surface area contributed by atoms with E-state index in [1.165, 1.54) is 17.0 Å². The van der Waals surface area contributed by atoms with Gasteiger partial charge in [0.25, 0.3) is 5.91 Å². The molecule has 1 aliphatic heterocycles. The van der Waals surface area contributed by atoms with Crippen LogP contribution in [0.3, 0.4) is 0 Å². The van der Waals surface area contributed by atoms with Gasteiger partial charge in [0.1, 0.15) is 0 Å². The van der Waals surface area contributed by atoms with Crippen LogP contribution in [-0.4, -0.2) is 15.6 Å². The number of carbonyl (C=O) groups excluding carboxylic acids is 1. The van der Waals surface area contributed by atoms with Gasteiger partial charge in [-0.05, 0) is 81.9 Å². The number of aliphatic hydroxyl groups excluding tert-OH is 1. The van der Waals surface area contributed by atoms with Crippen molar-refractivity contribution in [3.8, 4) is 50.2 Å². The minimum absolute atomic E-state index is 0.0678. The lowest BCUT2D eigenvalue weighted by atomic mass is 9.90. The van der Waals surface area contributed by atoms with Crippen molar-refractivity contribution in [3.63, 3.8) is 0 Å². The monoisotopic (exact) mass is 830 g/mol. The molecule has 304 valence electrons. The molecule has 4 nitrogen and oxygen atoms in total. The largest absolute Gasteiger partial charge is 0.417 e. The molecule has 1 atom stereocenters. The summed E-state index contributed by atoms with van der Waals surface area (Å²) in [7, 11) is 0. The number of benzene rings is 8. The molecule has 9 aromatic rings. The molecular weight excluding hydrogens is 799 g/mol. The van der Waals surface area contributed by atoms with Gasteiger partial charge in [-0.2, -0.15) is 26.3 Å². The smallest absolute Gasteiger partial charge is 0.369 e. The molecule has 0 spiro atoms. The van der Waals surface area contributed by atoms with E-state index in [4.69, 9.17) is 0 Å². The number of hydrogen-bond acceptors (Lipinski definition) is 2. The fourth-order valence-electron chi connectivity index (χ4n) is 8.76. The number of amides is 1. The van der Waals surface area contributed by atoms with Gasteiger partial charge in [0, 0.05) is 27.5 Å². The van der Waals surface area contributed by atoms with Gasteiger partial charge in [-0.25, -0.2) is 0 Å². The minimum Gasteiger partial charge on any atom is -0.369 e. The van der Waals surface area contributed by atoms with Gasteiger partial charge < -0.3 is 9.67 Å². The summed E-state index contributed by atoms with van der Waals surface area (Å²) >= 11 is 0. The topological polar surface area (TPSA) is 45.5 Å². The van der Waals surface area contributed by atoms with E-state index in [-0.39, 0.29) is 17.2 Å². The zero-order valence-electron chi connectivity index (χ0n) is 32.4. The molecule has 10 heteroatoms. The maximum atomic E-state index is 15.4. The lowest BCUT2D eigenvalue weighted by Gasteiger charge is -2.28. The molecule has 1 amide bonds. The summed E-state index contributed by atoms with van der Waals surface area (Å²) in [5.41, 5.74) is 4.53. The molecule has 0 aliphatic carbocycles. The standard InChI is InChI=1S/C52H32F6N2O2/c53-51(54,55)36-24-25-37(43(30-36)52(56,57)58)34-23-26-45-42(27-34)38-19-10-11-21-44(38)59(45)46-22-12-20-39-47(46)50(62)60(49(39)61)48-40(32-15-6-2-7-16-32)28-35(31-13-4-1-5-14-31)29-41(48)33-17-8-3-9-18-33/h1-30,49,61H. The number of halogens is 6. The van der Waals surface area contributed by atoms with Crippen LogP contribution in [0, 0.1) is 0 Å². The summed E-state index contributed by atoms with van der Waals surface area (Å²) in [6.07, 6.45) is -11.4. The highest BCUT2D eigenvalue weighted by atomic mass is 19.4. The zero-order chi connectivity index (χ0) is 42.9. The third-order valence-corrected chi connectivity index (χ3v) is 11.5. The second-order valence-electron chi connectivity index (χ2n) is 15.1. The van der Waals surface area contributed by atoms with Crippen LogP contribution >= 0.6 is 0 Å². The van der Waals surface area contributed by atoms with Crippen molar-refractivity contribution in [2.24, 2.45) is 0 Å². The maximum absolute atomic E-state index is 15.4. The Balaban J connectivity index is 1.17. The van der Waals surface area contributed by atoms with E-state index in [0.29, 0.717) is 44.8 Å². The summed E-state index contributed by atoms with van der Waals surface area (Å²) < 4.78 is 85.6. The molecule has 10 rings (SSSR count). The number of carbonyl (C=O) groups is 1. The van der Waals surface area contributed by atoms with Gasteiger partial charge in [0.2, 0.25) is 0 Å². The van der Waals surface area contributed by atoms with Crippen LogP contribution in [0.4, 0.5) is 32.0 Å². The van der Waals surface area contributed by atoms with Crippen molar-refractivity contribution in [1.29, 1.82) is 0 Å². The average molecular weight is 831 g/mol. The van der Waals surface area contributed by atoms with E-state index >= 15 is 4.79 Å². The van der Waals surface area contributed by atoms with Crippen molar-refractivity contribution in [2.75, 3.05) is 4.90 Å². The second kappa shape index (κ2) is 14.6. The van der Waals surface area contributed by atoms with Crippen molar-refractivity contribution in [3.05, 3.63) is 204 Å². The molecule has 0 fully saturated rings. The fraction of sp³-hybridized carbons (Fsp3) is 0.0577. The Labute approximate surface area is 351 Å². The van der Waals surface area contributed by atoms with Crippen LogP contribution in [0.15, 0.2) is 182 Å². The maximum Gasteiger partial charge on any atom is 0.417 e. The van der Waals surface area contributed by atoms with Gasteiger partial charge in [-0.3, -0.25) is 9.69 Å². The highest BCUT2D eigenvalue weighted by Crippen LogP contribution is 2.50. The molecule has 0 saturated carbocycles. The van der Waals surface area contributed by atoms with E-state index < -0.39 is 41.2 Å². The highest BCUT2D eigenvalue weighted by molar-refractivity contribution is 6.18. The highest BCUT2D eigenvalue weighted by Gasteiger charge is 2.42. The Morgan fingerprint density at radius 1 is 0.468 bits per heavy atom. The first-order chi connectivity index (χ1) is 29.9. The first kappa shape index (κ1) is 38.8. The summed E-state index contributed by atoms with van der Waals surface area (Å²) in [5.74, 6) is -0.466. The second-order valence-corrected chi connectivity index (χ2v) is 15.1. The Bertz CT molecular complexity index is 3130. The third kappa shape index (κ3) is 6.42. The van der Waals surface area contributed by atoms with E-state index in [0.717, 1.165) is 39.4 Å². The van der Waals surface area contributed by atoms with Crippen molar-refractivity contribution in [1.82, 2.24) is 4.57 Å². The summed E-state index contributed by atoms with van der Waals surface area (Å²) in [6, 6.07) is 51.9. The van der Waals surface area contributed by atoms with E-state index in [1.807, 2.05) is 114 Å². The lowest BCUT2D eigenvalue weighted by molar-refractivity contribution is -0.142. The number of aliphatic hydroxyl groups is 1.